The average Bonchev–Trinajstić information content (AvgIpc) is 2.75. The summed E-state index contributed by atoms with van der Waals surface area (Å²) >= 11 is 1.96. The maximum absolute atomic E-state index is 10.9. The molecular weight excluding hydrogens is 531 g/mol. The maximum Gasteiger partial charge on any atom is 0.331 e. The van der Waals surface area contributed by atoms with E-state index in [1.807, 2.05) is 47.8 Å². The van der Waals surface area contributed by atoms with Gasteiger partial charge >= 0.3 is 11.9 Å². The van der Waals surface area contributed by atoms with Gasteiger partial charge in [0, 0.05) is 12.2 Å². The van der Waals surface area contributed by atoms with Crippen LogP contribution in [0.5, 0.6) is 0 Å². The van der Waals surface area contributed by atoms with E-state index in [0.717, 1.165) is 50.0 Å². The highest BCUT2D eigenvalue weighted by Crippen LogP contribution is 2.18. The second kappa shape index (κ2) is 18.0. The number of esters is 2. The summed E-state index contributed by atoms with van der Waals surface area (Å²) in [6.07, 6.45) is 12.6. The molecule has 0 unspecified atom stereocenters. The van der Waals surface area contributed by atoms with Crippen LogP contribution in [0.1, 0.15) is 39.5 Å². The lowest BCUT2D eigenvalue weighted by molar-refractivity contribution is -0.138. The van der Waals surface area contributed by atoms with Gasteiger partial charge in [-0.1, -0.05) is 22.6 Å². The molecule has 0 radical (unpaired) electrons. The average molecular weight is 567 g/mol. The highest BCUT2D eigenvalue weighted by molar-refractivity contribution is 14.1. The third-order valence-electron chi connectivity index (χ3n) is 3.66. The Bertz CT molecular complexity index is 649. The largest absolute Gasteiger partial charge is 0.500 e. The molecule has 0 bridgehead atoms. The minimum atomic E-state index is -2.12. The molecule has 2 rings (SSSR count). The molecule has 0 atom stereocenters. The van der Waals surface area contributed by atoms with Crippen LogP contribution in [-0.4, -0.2) is 51.5 Å². The lowest BCUT2D eigenvalue weighted by Crippen LogP contribution is -2.31. The first-order valence-corrected chi connectivity index (χ1v) is 14.6. The first-order valence-electron chi connectivity index (χ1n) is 10.4. The van der Waals surface area contributed by atoms with E-state index in [9.17, 15) is 14.4 Å². The summed E-state index contributed by atoms with van der Waals surface area (Å²) in [5.74, 6) is 0.166. The molecule has 0 fully saturated rings. The number of carbonyl (C=O) groups excluding carboxylic acids is 2. The zero-order chi connectivity index (χ0) is 23.5. The van der Waals surface area contributed by atoms with Crippen molar-refractivity contribution in [3.63, 3.8) is 0 Å². The first kappa shape index (κ1) is 29.4. The lowest BCUT2D eigenvalue weighted by Gasteiger charge is -2.22. The van der Waals surface area contributed by atoms with E-state index in [0.29, 0.717) is 13.2 Å². The summed E-state index contributed by atoms with van der Waals surface area (Å²) in [4.78, 5) is 30.8. The van der Waals surface area contributed by atoms with Gasteiger partial charge in [-0.2, -0.15) is 0 Å². The van der Waals surface area contributed by atoms with E-state index in [-0.39, 0.29) is 11.9 Å². The molecule has 0 aromatic heterocycles. The molecular formula is C22H35IO7Si. The van der Waals surface area contributed by atoms with E-state index in [1.54, 1.807) is 24.0 Å². The Balaban J connectivity index is 0.000000451. The summed E-state index contributed by atoms with van der Waals surface area (Å²) in [5, 5.41) is 0.860. The zero-order valence-corrected chi connectivity index (χ0v) is 22.1. The van der Waals surface area contributed by atoms with E-state index in [1.165, 1.54) is 12.2 Å². The third kappa shape index (κ3) is 16.7. The van der Waals surface area contributed by atoms with Crippen LogP contribution in [0.15, 0.2) is 45.6 Å². The Hall–Kier alpha value is -1.59. The first-order chi connectivity index (χ1) is 14.7. The predicted octanol–water partition coefficient (Wildman–Crippen LogP) is 4.72. The second-order valence-electron chi connectivity index (χ2n) is 6.85. The Labute approximate surface area is 200 Å². The predicted molar refractivity (Wildman–Crippen MR) is 132 cm³/mol. The fraction of sp³-hybridized carbons (Fsp3) is 0.545. The van der Waals surface area contributed by atoms with Crippen molar-refractivity contribution in [2.75, 3.05) is 26.4 Å². The minimum absolute atomic E-state index is 0.276. The van der Waals surface area contributed by atoms with Crippen LogP contribution in [0.2, 0.25) is 13.1 Å². The van der Waals surface area contributed by atoms with Gasteiger partial charge in [0.05, 0.1) is 26.4 Å². The number of carbonyl (C=O) groups is 2. The van der Waals surface area contributed by atoms with Crippen molar-refractivity contribution in [1.82, 2.24) is 0 Å². The Morgan fingerprint density at radius 1 is 1.03 bits per heavy atom. The Morgan fingerprint density at radius 3 is 1.97 bits per heavy atom. The third-order valence-corrected chi connectivity index (χ3v) is 5.57. The summed E-state index contributed by atoms with van der Waals surface area (Å²) in [6, 6.07) is 0. The summed E-state index contributed by atoms with van der Waals surface area (Å²) < 4.78 is 21.5. The molecule has 9 heteroatoms. The highest BCUT2D eigenvalue weighted by Gasteiger charge is 2.26. The standard InChI is InChI=1S/C10H14O3.C7H14O2Si.C5H7IO2/c1-2-12-10(11)7-6-9-5-3-4-8-13-9;1-10(2,8)7-5-3-4-6-9-7;1-2-8-5(7)3-4-6/h5-7H,2-4,8H2,1H3;5,8H,3-4,6H2,1-2H3;3-4H,2H2,1H3/b7-6-;;. The van der Waals surface area contributed by atoms with Crippen molar-refractivity contribution in [1.29, 1.82) is 0 Å². The smallest absolute Gasteiger partial charge is 0.331 e. The summed E-state index contributed by atoms with van der Waals surface area (Å²) in [6.45, 7) is 9.68. The van der Waals surface area contributed by atoms with Gasteiger partial charge in [0.1, 0.15) is 11.1 Å². The van der Waals surface area contributed by atoms with E-state index >= 15 is 0 Å². The molecule has 0 saturated heterocycles. The molecule has 7 nitrogen and oxygen atoms in total. The number of rotatable bonds is 6. The summed E-state index contributed by atoms with van der Waals surface area (Å²) in [5.41, 5.74) is 0. The van der Waals surface area contributed by atoms with Crippen LogP contribution in [0.3, 0.4) is 0 Å². The van der Waals surface area contributed by atoms with E-state index in [4.69, 9.17) is 14.2 Å². The Kier molecular flexibility index (Phi) is 17.1. The molecule has 0 aromatic carbocycles. The van der Waals surface area contributed by atoms with Crippen LogP contribution in [0, 0.1) is 0 Å². The molecule has 2 aliphatic rings. The van der Waals surface area contributed by atoms with Gasteiger partial charge in [-0.05, 0) is 74.9 Å². The SMILES string of the molecule is CCOC(=O)/C=C\C1=CCCCO1.CCOC(=O)C=CI.C[Si](C)(O)C1=CCCCO1. The van der Waals surface area contributed by atoms with Gasteiger partial charge in [0.2, 0.25) is 0 Å². The van der Waals surface area contributed by atoms with Gasteiger partial charge in [0.15, 0.2) is 0 Å². The number of halogens is 1. The van der Waals surface area contributed by atoms with Crippen LogP contribution in [0.4, 0.5) is 0 Å². The van der Waals surface area contributed by atoms with Crippen molar-refractivity contribution < 1.29 is 33.3 Å². The number of hydrogen-bond acceptors (Lipinski definition) is 7. The molecule has 0 aliphatic carbocycles. The topological polar surface area (TPSA) is 91.3 Å². The van der Waals surface area contributed by atoms with Gasteiger partial charge < -0.3 is 23.7 Å². The molecule has 2 aliphatic heterocycles. The highest BCUT2D eigenvalue weighted by atomic mass is 127. The van der Waals surface area contributed by atoms with Crippen molar-refractivity contribution in [2.24, 2.45) is 0 Å². The van der Waals surface area contributed by atoms with Gasteiger partial charge in [-0.15, -0.1) is 0 Å². The lowest BCUT2D eigenvalue weighted by atomic mass is 10.2. The van der Waals surface area contributed by atoms with E-state index in [2.05, 4.69) is 4.74 Å². The monoisotopic (exact) mass is 566 g/mol. The van der Waals surface area contributed by atoms with Crippen molar-refractivity contribution in [2.45, 2.75) is 52.6 Å². The number of allylic oxidation sites excluding steroid dienone is 3. The van der Waals surface area contributed by atoms with Crippen LogP contribution < -0.4 is 0 Å². The van der Waals surface area contributed by atoms with Gasteiger partial charge in [-0.3, -0.25) is 0 Å². The molecule has 0 amide bonds. The van der Waals surface area contributed by atoms with E-state index < -0.39 is 8.32 Å². The van der Waals surface area contributed by atoms with Crippen molar-refractivity contribution in [3.8, 4) is 0 Å². The quantitative estimate of drug-likeness (QED) is 0.216. The molecule has 176 valence electrons. The molecule has 0 saturated carbocycles. The number of ether oxygens (including phenoxy) is 4. The zero-order valence-electron chi connectivity index (χ0n) is 18.9. The van der Waals surface area contributed by atoms with Crippen molar-refractivity contribution in [3.05, 3.63) is 45.6 Å². The normalized spacial score (nSPS) is 15.8. The Morgan fingerprint density at radius 2 is 1.58 bits per heavy atom. The fourth-order valence-electron chi connectivity index (χ4n) is 2.26. The maximum atomic E-state index is 10.9. The van der Waals surface area contributed by atoms with Crippen LogP contribution in [0.25, 0.3) is 0 Å². The van der Waals surface area contributed by atoms with Crippen LogP contribution >= 0.6 is 22.6 Å². The van der Waals surface area contributed by atoms with Gasteiger partial charge in [-0.25, -0.2) is 9.59 Å². The molecule has 1 N–H and O–H groups in total. The fourth-order valence-corrected chi connectivity index (χ4v) is 3.65. The number of hydrogen-bond donors (Lipinski definition) is 1. The summed E-state index contributed by atoms with van der Waals surface area (Å²) in [7, 11) is -2.12. The molecule has 0 spiro atoms. The van der Waals surface area contributed by atoms with Crippen molar-refractivity contribution >= 4 is 42.8 Å². The second-order valence-corrected chi connectivity index (χ2v) is 11.2. The van der Waals surface area contributed by atoms with Crippen LogP contribution in [-0.2, 0) is 28.5 Å². The van der Waals surface area contributed by atoms with Gasteiger partial charge in [0.25, 0.3) is 8.32 Å². The minimum Gasteiger partial charge on any atom is -0.500 e. The molecule has 0 aromatic rings. The molecule has 2 heterocycles. The molecule has 31 heavy (non-hydrogen) atoms.